The quantitative estimate of drug-likeness (QED) is 0.876. The number of hydrogen-bond acceptors (Lipinski definition) is 3. The molecule has 0 saturated heterocycles. The van der Waals surface area contributed by atoms with Crippen LogP contribution in [0.1, 0.15) is 54.0 Å². The lowest BCUT2D eigenvalue weighted by molar-refractivity contribution is 0.0894. The minimum absolute atomic E-state index is 0.00819. The van der Waals surface area contributed by atoms with Crippen LogP contribution in [0.5, 0.6) is 0 Å². The minimum Gasteiger partial charge on any atom is -0.347 e. The summed E-state index contributed by atoms with van der Waals surface area (Å²) in [6, 6.07) is 0.236. The summed E-state index contributed by atoms with van der Waals surface area (Å²) in [5, 5.41) is 3.11. The molecule has 3 fully saturated rings. The monoisotopic (exact) mass is 301 g/mol. The Morgan fingerprint density at radius 3 is 2.77 bits per heavy atom. The summed E-state index contributed by atoms with van der Waals surface area (Å²) in [4.78, 5) is 31.3. The molecule has 22 heavy (non-hydrogen) atoms. The van der Waals surface area contributed by atoms with Crippen LogP contribution in [0.4, 0.5) is 0 Å². The molecule has 2 bridgehead atoms. The number of carbonyl (C=O) groups excluding carboxylic acids is 1. The van der Waals surface area contributed by atoms with Crippen molar-refractivity contribution in [1.82, 2.24) is 15.3 Å². The van der Waals surface area contributed by atoms with E-state index in [9.17, 15) is 9.59 Å². The fourth-order valence-electron chi connectivity index (χ4n) is 5.25. The maximum Gasteiger partial charge on any atom is 0.279 e. The molecule has 4 rings (SSSR count). The Kier molecular flexibility index (Phi) is 3.13. The Bertz CT molecular complexity index is 681. The summed E-state index contributed by atoms with van der Waals surface area (Å²) in [5.74, 6) is 2.80. The van der Waals surface area contributed by atoms with Gasteiger partial charge in [-0.15, -0.1) is 0 Å². The maximum absolute atomic E-state index is 12.5. The number of nitrogens with one attached hydrogen (secondary N) is 2. The smallest absolute Gasteiger partial charge is 0.279 e. The largest absolute Gasteiger partial charge is 0.347 e. The number of aromatic amines is 1. The van der Waals surface area contributed by atoms with Crippen LogP contribution < -0.4 is 10.9 Å². The topological polar surface area (TPSA) is 74.8 Å². The molecule has 0 aliphatic heterocycles. The van der Waals surface area contributed by atoms with Crippen LogP contribution in [0.25, 0.3) is 0 Å². The van der Waals surface area contributed by atoms with Gasteiger partial charge in [0.25, 0.3) is 11.5 Å². The molecule has 1 aromatic heterocycles. The van der Waals surface area contributed by atoms with Crippen LogP contribution in [0.3, 0.4) is 0 Å². The molecule has 0 spiro atoms. The number of rotatable bonds is 2. The molecule has 0 radical (unpaired) electrons. The van der Waals surface area contributed by atoms with Crippen molar-refractivity contribution in [3.05, 3.63) is 27.4 Å². The van der Waals surface area contributed by atoms with E-state index in [0.29, 0.717) is 11.6 Å². The molecule has 5 unspecified atom stereocenters. The zero-order valence-corrected chi connectivity index (χ0v) is 13.2. The number of hydrogen-bond donors (Lipinski definition) is 2. The number of fused-ring (bicyclic) bond motifs is 5. The van der Waals surface area contributed by atoms with Crippen LogP contribution >= 0.6 is 0 Å². The molecule has 0 aromatic carbocycles. The van der Waals surface area contributed by atoms with Gasteiger partial charge in [-0.25, -0.2) is 4.98 Å². The third-order valence-corrected chi connectivity index (χ3v) is 6.30. The highest BCUT2D eigenvalue weighted by molar-refractivity contribution is 5.92. The Hall–Kier alpha value is -1.65. The van der Waals surface area contributed by atoms with Crippen molar-refractivity contribution >= 4 is 5.91 Å². The lowest BCUT2D eigenvalue weighted by Gasteiger charge is -2.31. The van der Waals surface area contributed by atoms with E-state index in [1.54, 1.807) is 6.92 Å². The summed E-state index contributed by atoms with van der Waals surface area (Å²) >= 11 is 0. The second kappa shape index (κ2) is 4.93. The average Bonchev–Trinajstić information content (AvgIpc) is 3.14. The zero-order chi connectivity index (χ0) is 15.4. The number of amides is 1. The predicted octanol–water partition coefficient (Wildman–Crippen LogP) is 1.94. The molecule has 1 heterocycles. The maximum atomic E-state index is 12.5. The van der Waals surface area contributed by atoms with Gasteiger partial charge in [-0.05, 0) is 63.2 Å². The van der Waals surface area contributed by atoms with Crippen molar-refractivity contribution in [1.29, 1.82) is 0 Å². The molecule has 5 heteroatoms. The number of aromatic nitrogens is 2. The Morgan fingerprint density at radius 1 is 1.18 bits per heavy atom. The van der Waals surface area contributed by atoms with Crippen LogP contribution in [-0.2, 0) is 0 Å². The molecule has 5 nitrogen and oxygen atoms in total. The van der Waals surface area contributed by atoms with E-state index in [-0.39, 0.29) is 23.2 Å². The fraction of sp³-hybridized carbons (Fsp3) is 0.706. The average molecular weight is 301 g/mol. The summed E-state index contributed by atoms with van der Waals surface area (Å²) in [7, 11) is 0. The van der Waals surface area contributed by atoms with E-state index in [0.717, 1.165) is 29.9 Å². The highest BCUT2D eigenvalue weighted by Gasteiger charge is 2.54. The lowest BCUT2D eigenvalue weighted by Crippen LogP contribution is -2.44. The standard InChI is InChI=1S/C17H23N3O2/c1-8-9(2)19-16(21)15(18-8)17(22)20-14-7-10-6-13(14)12-5-3-4-11(10)12/h10-14H,3-7H2,1-2H3,(H,19,21)(H,20,22). The van der Waals surface area contributed by atoms with Crippen molar-refractivity contribution in [3.63, 3.8) is 0 Å². The Labute approximate surface area is 129 Å². The highest BCUT2D eigenvalue weighted by Crippen LogP contribution is 2.58. The van der Waals surface area contributed by atoms with Gasteiger partial charge >= 0.3 is 0 Å². The zero-order valence-electron chi connectivity index (χ0n) is 13.2. The lowest BCUT2D eigenvalue weighted by atomic mass is 9.79. The SMILES string of the molecule is Cc1nc(C(=O)NC2CC3CC2C2CCCC32)c(=O)[nH]c1C. The predicted molar refractivity (Wildman–Crippen MR) is 82.6 cm³/mol. The van der Waals surface area contributed by atoms with E-state index in [2.05, 4.69) is 15.3 Å². The molecule has 5 atom stereocenters. The second-order valence-corrected chi connectivity index (χ2v) is 7.36. The minimum atomic E-state index is -0.387. The molecule has 3 saturated carbocycles. The first-order valence-electron chi connectivity index (χ1n) is 8.43. The molecular weight excluding hydrogens is 278 g/mol. The number of H-pyrrole nitrogens is 1. The van der Waals surface area contributed by atoms with Gasteiger partial charge in [0.05, 0.1) is 5.69 Å². The van der Waals surface area contributed by atoms with Crippen molar-refractivity contribution in [3.8, 4) is 0 Å². The van der Waals surface area contributed by atoms with Gasteiger partial charge in [0.1, 0.15) is 0 Å². The first kappa shape index (κ1) is 14.0. The molecule has 118 valence electrons. The molecule has 3 aliphatic rings. The first-order chi connectivity index (χ1) is 10.5. The molecular formula is C17H23N3O2. The summed E-state index contributed by atoms with van der Waals surface area (Å²) in [5.41, 5.74) is 1.04. The van der Waals surface area contributed by atoms with Gasteiger partial charge in [-0.2, -0.15) is 0 Å². The van der Waals surface area contributed by atoms with Crippen LogP contribution in [0, 0.1) is 37.5 Å². The normalized spacial score (nSPS) is 35.6. The van der Waals surface area contributed by atoms with Crippen molar-refractivity contribution in [2.24, 2.45) is 23.7 Å². The van der Waals surface area contributed by atoms with E-state index in [1.807, 2.05) is 6.92 Å². The van der Waals surface area contributed by atoms with Gasteiger partial charge < -0.3 is 10.3 Å². The second-order valence-electron chi connectivity index (χ2n) is 7.36. The van der Waals surface area contributed by atoms with Gasteiger partial charge in [0, 0.05) is 11.7 Å². The first-order valence-corrected chi connectivity index (χ1v) is 8.43. The van der Waals surface area contributed by atoms with Crippen LogP contribution in [0.15, 0.2) is 4.79 Å². The Balaban J connectivity index is 1.52. The van der Waals surface area contributed by atoms with Crippen molar-refractivity contribution in [2.45, 2.75) is 52.0 Å². The molecule has 2 N–H and O–H groups in total. The summed E-state index contributed by atoms with van der Waals surface area (Å²) in [6.07, 6.45) is 6.39. The molecule has 3 aliphatic carbocycles. The van der Waals surface area contributed by atoms with E-state index < -0.39 is 0 Å². The summed E-state index contributed by atoms with van der Waals surface area (Å²) in [6.45, 7) is 3.60. The van der Waals surface area contributed by atoms with E-state index in [4.69, 9.17) is 0 Å². The van der Waals surface area contributed by atoms with Gasteiger partial charge in [-0.3, -0.25) is 9.59 Å². The van der Waals surface area contributed by atoms with E-state index in [1.165, 1.54) is 25.7 Å². The van der Waals surface area contributed by atoms with Crippen molar-refractivity contribution in [2.75, 3.05) is 0 Å². The highest BCUT2D eigenvalue weighted by atomic mass is 16.2. The van der Waals surface area contributed by atoms with Gasteiger partial charge in [0.15, 0.2) is 5.69 Å². The van der Waals surface area contributed by atoms with Crippen LogP contribution in [-0.4, -0.2) is 21.9 Å². The van der Waals surface area contributed by atoms with E-state index >= 15 is 0 Å². The van der Waals surface area contributed by atoms with Gasteiger partial charge in [-0.1, -0.05) is 6.42 Å². The van der Waals surface area contributed by atoms with Gasteiger partial charge in [0.2, 0.25) is 0 Å². The number of nitrogens with zero attached hydrogens (tertiary/aromatic N) is 1. The third kappa shape index (κ3) is 2.02. The molecule has 1 amide bonds. The summed E-state index contributed by atoms with van der Waals surface area (Å²) < 4.78 is 0. The Morgan fingerprint density at radius 2 is 1.95 bits per heavy atom. The fourth-order valence-corrected chi connectivity index (χ4v) is 5.25. The third-order valence-electron chi connectivity index (χ3n) is 6.30. The van der Waals surface area contributed by atoms with Crippen LogP contribution in [0.2, 0.25) is 0 Å². The molecule has 1 aromatic rings. The van der Waals surface area contributed by atoms with Crippen molar-refractivity contribution < 1.29 is 4.79 Å². The number of aryl methyl sites for hydroxylation is 2. The number of carbonyl (C=O) groups is 1.